The van der Waals surface area contributed by atoms with Gasteiger partial charge < -0.3 is 10.2 Å². The molecule has 1 aromatic heterocycles. The Morgan fingerprint density at radius 2 is 2.00 bits per heavy atom. The fourth-order valence-corrected chi connectivity index (χ4v) is 1.58. The molecule has 18 heavy (non-hydrogen) atoms. The monoisotopic (exact) mass is 241 g/mol. The Balaban J connectivity index is 1.93. The molecule has 1 N–H and O–H groups in total. The van der Waals surface area contributed by atoms with Crippen molar-refractivity contribution in [1.29, 1.82) is 0 Å². The Morgan fingerprint density at radius 3 is 2.67 bits per heavy atom. The van der Waals surface area contributed by atoms with Crippen molar-refractivity contribution < 1.29 is 4.79 Å². The Hall–Kier alpha value is -2.36. The number of anilines is 1. The number of carbonyl (C=O) groups excluding carboxylic acids is 1. The fourth-order valence-electron chi connectivity index (χ4n) is 1.58. The lowest BCUT2D eigenvalue weighted by atomic mass is 10.2. The average molecular weight is 241 g/mol. The molecule has 2 aromatic rings. The lowest BCUT2D eigenvalue weighted by molar-refractivity contribution is 0.220. The molecule has 0 unspecified atom stereocenters. The first-order valence-corrected chi connectivity index (χ1v) is 5.72. The molecule has 1 aromatic carbocycles. The van der Waals surface area contributed by atoms with Gasteiger partial charge in [-0.3, -0.25) is 4.98 Å². The summed E-state index contributed by atoms with van der Waals surface area (Å²) < 4.78 is 0. The number of nitrogens with one attached hydrogen (secondary N) is 1. The topological polar surface area (TPSA) is 45.2 Å². The van der Waals surface area contributed by atoms with Gasteiger partial charge in [-0.1, -0.05) is 30.3 Å². The van der Waals surface area contributed by atoms with E-state index in [0.717, 1.165) is 5.56 Å². The van der Waals surface area contributed by atoms with Crippen LogP contribution in [0.1, 0.15) is 5.56 Å². The molecule has 4 heteroatoms. The predicted octanol–water partition coefficient (Wildman–Crippen LogP) is 2.75. The Morgan fingerprint density at radius 1 is 1.22 bits per heavy atom. The molecule has 0 saturated heterocycles. The lowest BCUT2D eigenvalue weighted by Gasteiger charge is -2.17. The second-order valence-electron chi connectivity index (χ2n) is 4.01. The summed E-state index contributed by atoms with van der Waals surface area (Å²) >= 11 is 0. The highest BCUT2D eigenvalue weighted by molar-refractivity contribution is 5.88. The molecule has 92 valence electrons. The van der Waals surface area contributed by atoms with E-state index < -0.39 is 0 Å². The van der Waals surface area contributed by atoms with Crippen molar-refractivity contribution in [2.45, 2.75) is 6.54 Å². The minimum atomic E-state index is -0.146. The number of benzene rings is 1. The molecule has 0 aliphatic heterocycles. The molecule has 2 rings (SSSR count). The Bertz CT molecular complexity index is 499. The van der Waals surface area contributed by atoms with E-state index in [1.165, 1.54) is 0 Å². The van der Waals surface area contributed by atoms with Crippen molar-refractivity contribution in [1.82, 2.24) is 9.88 Å². The summed E-state index contributed by atoms with van der Waals surface area (Å²) in [5, 5.41) is 2.79. The van der Waals surface area contributed by atoms with Crippen molar-refractivity contribution in [3.8, 4) is 0 Å². The first kappa shape index (κ1) is 12.1. The normalized spacial score (nSPS) is 9.83. The zero-order valence-electron chi connectivity index (χ0n) is 10.2. The van der Waals surface area contributed by atoms with Crippen LogP contribution in [0.25, 0.3) is 0 Å². The highest BCUT2D eigenvalue weighted by Crippen LogP contribution is 2.07. The summed E-state index contributed by atoms with van der Waals surface area (Å²) in [5.41, 5.74) is 1.80. The summed E-state index contributed by atoms with van der Waals surface area (Å²) in [4.78, 5) is 17.5. The van der Waals surface area contributed by atoms with E-state index in [1.807, 2.05) is 30.3 Å². The molecule has 0 bridgehead atoms. The average Bonchev–Trinajstić information content (AvgIpc) is 2.41. The molecule has 1 heterocycles. The molecular formula is C14H15N3O. The molecule has 0 aliphatic carbocycles. The van der Waals surface area contributed by atoms with Crippen LogP contribution in [0.4, 0.5) is 10.5 Å². The number of carbonyl (C=O) groups is 1. The van der Waals surface area contributed by atoms with E-state index in [1.54, 1.807) is 36.5 Å². The molecular weight excluding hydrogens is 226 g/mol. The van der Waals surface area contributed by atoms with Crippen LogP contribution >= 0.6 is 0 Å². The summed E-state index contributed by atoms with van der Waals surface area (Å²) in [7, 11) is 1.76. The number of hydrogen-bond acceptors (Lipinski definition) is 2. The van der Waals surface area contributed by atoms with Gasteiger partial charge >= 0.3 is 6.03 Å². The van der Waals surface area contributed by atoms with Crippen molar-refractivity contribution >= 4 is 11.7 Å². The maximum absolute atomic E-state index is 11.9. The molecule has 0 spiro atoms. The van der Waals surface area contributed by atoms with E-state index >= 15 is 0 Å². The summed E-state index contributed by atoms with van der Waals surface area (Å²) in [6.07, 6.45) is 3.29. The quantitative estimate of drug-likeness (QED) is 0.898. The van der Waals surface area contributed by atoms with Gasteiger partial charge in [0.15, 0.2) is 0 Å². The van der Waals surface area contributed by atoms with Gasteiger partial charge in [0, 0.05) is 19.8 Å². The van der Waals surface area contributed by atoms with Crippen molar-refractivity contribution in [2.75, 3.05) is 12.4 Å². The third kappa shape index (κ3) is 3.31. The minimum absolute atomic E-state index is 0.146. The molecule has 0 radical (unpaired) electrons. The highest BCUT2D eigenvalue weighted by atomic mass is 16.2. The van der Waals surface area contributed by atoms with Crippen molar-refractivity contribution in [2.24, 2.45) is 0 Å². The number of urea groups is 1. The summed E-state index contributed by atoms with van der Waals surface area (Å²) in [6, 6.07) is 13.3. The van der Waals surface area contributed by atoms with Gasteiger partial charge in [-0.15, -0.1) is 0 Å². The molecule has 0 aliphatic rings. The fraction of sp³-hybridized carbons (Fsp3) is 0.143. The molecule has 0 fully saturated rings. The predicted molar refractivity (Wildman–Crippen MR) is 71.2 cm³/mol. The van der Waals surface area contributed by atoms with Crippen molar-refractivity contribution in [3.05, 3.63) is 60.4 Å². The van der Waals surface area contributed by atoms with E-state index in [9.17, 15) is 4.79 Å². The third-order valence-electron chi connectivity index (χ3n) is 2.52. The largest absolute Gasteiger partial charge is 0.323 e. The van der Waals surface area contributed by atoms with Crippen LogP contribution < -0.4 is 5.32 Å². The van der Waals surface area contributed by atoms with Gasteiger partial charge in [-0.05, 0) is 17.7 Å². The second kappa shape index (κ2) is 5.82. The number of hydrogen-bond donors (Lipinski definition) is 1. The smallest absolute Gasteiger partial charge is 0.321 e. The van der Waals surface area contributed by atoms with E-state index in [2.05, 4.69) is 10.3 Å². The zero-order chi connectivity index (χ0) is 12.8. The van der Waals surface area contributed by atoms with Gasteiger partial charge in [0.1, 0.15) is 0 Å². The number of nitrogens with zero attached hydrogens (tertiary/aromatic N) is 2. The van der Waals surface area contributed by atoms with Crippen LogP contribution in [0.15, 0.2) is 54.9 Å². The molecule has 0 atom stereocenters. The number of amides is 2. The maximum Gasteiger partial charge on any atom is 0.321 e. The lowest BCUT2D eigenvalue weighted by Crippen LogP contribution is -2.30. The maximum atomic E-state index is 11.9. The molecule has 4 nitrogen and oxygen atoms in total. The first-order valence-electron chi connectivity index (χ1n) is 5.72. The van der Waals surface area contributed by atoms with Crippen LogP contribution in [0.2, 0.25) is 0 Å². The summed E-state index contributed by atoms with van der Waals surface area (Å²) in [6.45, 7) is 0.576. The van der Waals surface area contributed by atoms with Gasteiger partial charge in [0.25, 0.3) is 0 Å². The van der Waals surface area contributed by atoms with E-state index in [4.69, 9.17) is 0 Å². The van der Waals surface area contributed by atoms with Crippen LogP contribution in [-0.2, 0) is 6.54 Å². The van der Waals surface area contributed by atoms with Crippen LogP contribution in [0.3, 0.4) is 0 Å². The van der Waals surface area contributed by atoms with E-state index in [0.29, 0.717) is 12.2 Å². The van der Waals surface area contributed by atoms with Crippen molar-refractivity contribution in [3.63, 3.8) is 0 Å². The van der Waals surface area contributed by atoms with E-state index in [-0.39, 0.29) is 6.03 Å². The highest BCUT2D eigenvalue weighted by Gasteiger charge is 2.08. The Labute approximate surface area is 106 Å². The second-order valence-corrected chi connectivity index (χ2v) is 4.01. The summed E-state index contributed by atoms with van der Waals surface area (Å²) in [5.74, 6) is 0. The number of rotatable bonds is 3. The van der Waals surface area contributed by atoms with Gasteiger partial charge in [-0.2, -0.15) is 0 Å². The van der Waals surface area contributed by atoms with Crippen LogP contribution in [-0.4, -0.2) is 23.0 Å². The first-order chi connectivity index (χ1) is 8.75. The standard InChI is InChI=1S/C14H15N3O/c1-17(11-12-6-3-2-4-7-12)14(18)16-13-8-5-9-15-10-13/h2-10H,11H2,1H3,(H,16,18). The SMILES string of the molecule is CN(Cc1ccccc1)C(=O)Nc1cccnc1. The molecule has 2 amide bonds. The van der Waals surface area contributed by atoms with Gasteiger partial charge in [-0.25, -0.2) is 4.79 Å². The Kier molecular flexibility index (Phi) is 3.91. The van der Waals surface area contributed by atoms with Gasteiger partial charge in [0.2, 0.25) is 0 Å². The zero-order valence-corrected chi connectivity index (χ0v) is 10.2. The van der Waals surface area contributed by atoms with Gasteiger partial charge in [0.05, 0.1) is 11.9 Å². The third-order valence-corrected chi connectivity index (χ3v) is 2.52. The number of pyridine rings is 1. The minimum Gasteiger partial charge on any atom is -0.323 e. The number of aromatic nitrogens is 1. The van der Waals surface area contributed by atoms with Crippen LogP contribution in [0.5, 0.6) is 0 Å². The van der Waals surface area contributed by atoms with Crippen LogP contribution in [0, 0.1) is 0 Å². The molecule has 0 saturated carbocycles.